The number of hydrogen-bond donors (Lipinski definition) is 1. The van der Waals surface area contributed by atoms with Crippen molar-refractivity contribution in [1.82, 2.24) is 10.1 Å². The molecule has 0 radical (unpaired) electrons. The third-order valence-corrected chi connectivity index (χ3v) is 5.35. The zero-order valence-corrected chi connectivity index (χ0v) is 17.2. The summed E-state index contributed by atoms with van der Waals surface area (Å²) in [5, 5.41) is 6.63. The number of halogens is 1. The van der Waals surface area contributed by atoms with Crippen LogP contribution in [0.5, 0.6) is 0 Å². The van der Waals surface area contributed by atoms with Gasteiger partial charge in [0, 0.05) is 25.3 Å². The zero-order valence-electron chi connectivity index (χ0n) is 17.2. The number of carbonyl (C=O) groups excluding carboxylic acids is 2. The molecule has 2 atom stereocenters. The molecule has 160 valence electrons. The van der Waals surface area contributed by atoms with Crippen molar-refractivity contribution < 1.29 is 23.2 Å². The fourth-order valence-electron chi connectivity index (χ4n) is 3.97. The molecule has 2 unspecified atom stereocenters. The van der Waals surface area contributed by atoms with Crippen molar-refractivity contribution in [2.45, 2.75) is 18.9 Å². The van der Waals surface area contributed by atoms with Crippen LogP contribution in [0.3, 0.4) is 0 Å². The van der Waals surface area contributed by atoms with Crippen LogP contribution < -0.4 is 5.32 Å². The molecule has 2 aromatic carbocycles. The largest absolute Gasteiger partial charge is 0.383 e. The first-order valence-corrected chi connectivity index (χ1v) is 9.88. The maximum atomic E-state index is 13.6. The van der Waals surface area contributed by atoms with Crippen LogP contribution in [-0.2, 0) is 9.53 Å². The number of nitrogens with one attached hydrogen (secondary N) is 1. The lowest BCUT2D eigenvalue weighted by Crippen LogP contribution is -2.47. The number of ether oxygens (including phenoxy) is 1. The van der Waals surface area contributed by atoms with Crippen molar-refractivity contribution in [3.8, 4) is 0 Å². The van der Waals surface area contributed by atoms with Crippen LogP contribution >= 0.6 is 0 Å². The first kappa shape index (κ1) is 20.7. The molecular formula is C23H22FN3O4. The van der Waals surface area contributed by atoms with Crippen molar-refractivity contribution >= 4 is 17.6 Å². The molecule has 1 N–H and O–H groups in total. The van der Waals surface area contributed by atoms with E-state index in [4.69, 9.17) is 9.26 Å². The van der Waals surface area contributed by atoms with E-state index in [2.05, 4.69) is 10.5 Å². The van der Waals surface area contributed by atoms with Crippen LogP contribution in [0.1, 0.15) is 39.2 Å². The van der Waals surface area contributed by atoms with Crippen LogP contribution in [0.25, 0.3) is 0 Å². The number of rotatable bonds is 6. The molecule has 3 aromatic rings. The van der Waals surface area contributed by atoms with E-state index in [1.54, 1.807) is 61.4 Å². The number of carbonyl (C=O) groups is 2. The number of hydrogen-bond acceptors (Lipinski definition) is 5. The lowest BCUT2D eigenvalue weighted by molar-refractivity contribution is -0.119. The number of benzene rings is 2. The van der Waals surface area contributed by atoms with E-state index in [-0.39, 0.29) is 24.2 Å². The summed E-state index contributed by atoms with van der Waals surface area (Å²) >= 11 is 0. The number of aromatic nitrogens is 1. The van der Waals surface area contributed by atoms with Gasteiger partial charge in [-0.15, -0.1) is 0 Å². The molecule has 0 fully saturated rings. The molecule has 1 aliphatic heterocycles. The Morgan fingerprint density at radius 1 is 1.23 bits per heavy atom. The van der Waals surface area contributed by atoms with E-state index in [9.17, 15) is 14.0 Å². The molecule has 4 rings (SSSR count). The molecule has 0 saturated carbocycles. The Labute approximate surface area is 178 Å². The van der Waals surface area contributed by atoms with E-state index in [1.807, 2.05) is 0 Å². The normalized spacial score (nSPS) is 18.0. The summed E-state index contributed by atoms with van der Waals surface area (Å²) in [6, 6.07) is 13.9. The minimum atomic E-state index is -0.742. The Morgan fingerprint density at radius 2 is 1.97 bits per heavy atom. The highest BCUT2D eigenvalue weighted by molar-refractivity contribution is 6.04. The van der Waals surface area contributed by atoms with Gasteiger partial charge in [-0.3, -0.25) is 9.59 Å². The van der Waals surface area contributed by atoms with Gasteiger partial charge in [0.15, 0.2) is 5.82 Å². The summed E-state index contributed by atoms with van der Waals surface area (Å²) < 4.78 is 23.9. The van der Waals surface area contributed by atoms with Gasteiger partial charge in [0.2, 0.25) is 5.91 Å². The summed E-state index contributed by atoms with van der Waals surface area (Å²) in [5.74, 6) is -0.833. The highest BCUT2D eigenvalue weighted by Crippen LogP contribution is 2.43. The van der Waals surface area contributed by atoms with E-state index < -0.39 is 17.8 Å². The summed E-state index contributed by atoms with van der Waals surface area (Å²) in [6.07, 6.45) is 0. The predicted octanol–water partition coefficient (Wildman–Crippen LogP) is 3.69. The minimum absolute atomic E-state index is 0.205. The zero-order chi connectivity index (χ0) is 22.0. The van der Waals surface area contributed by atoms with Gasteiger partial charge >= 0.3 is 0 Å². The minimum Gasteiger partial charge on any atom is -0.383 e. The van der Waals surface area contributed by atoms with Gasteiger partial charge in [-0.1, -0.05) is 35.5 Å². The Kier molecular flexibility index (Phi) is 5.81. The van der Waals surface area contributed by atoms with Gasteiger partial charge in [-0.05, 0) is 36.2 Å². The molecule has 7 nitrogen and oxygen atoms in total. The van der Waals surface area contributed by atoms with E-state index in [0.717, 1.165) is 0 Å². The highest BCUT2D eigenvalue weighted by atomic mass is 19.1. The summed E-state index contributed by atoms with van der Waals surface area (Å²) in [4.78, 5) is 28.4. The molecule has 0 spiro atoms. The average molecular weight is 423 g/mol. The molecular weight excluding hydrogens is 401 g/mol. The molecule has 0 saturated heterocycles. The van der Waals surface area contributed by atoms with Gasteiger partial charge in [-0.25, -0.2) is 4.39 Å². The molecule has 0 aliphatic carbocycles. The molecule has 2 amide bonds. The number of aryl methyl sites for hydroxylation is 1. The Hall–Kier alpha value is -3.52. The number of anilines is 1. The van der Waals surface area contributed by atoms with Crippen molar-refractivity contribution in [3.63, 3.8) is 0 Å². The van der Waals surface area contributed by atoms with Gasteiger partial charge in [0.05, 0.1) is 18.6 Å². The van der Waals surface area contributed by atoms with Gasteiger partial charge < -0.3 is 19.5 Å². The third kappa shape index (κ3) is 4.06. The lowest BCUT2D eigenvalue weighted by Gasteiger charge is -2.41. The number of nitrogens with zero attached hydrogens (tertiary/aromatic N) is 2. The Bertz CT molecular complexity index is 1100. The van der Waals surface area contributed by atoms with E-state index >= 15 is 0 Å². The van der Waals surface area contributed by atoms with Crippen LogP contribution in [0.4, 0.5) is 10.2 Å². The Morgan fingerprint density at radius 3 is 2.65 bits per heavy atom. The maximum absolute atomic E-state index is 13.6. The average Bonchev–Trinajstić information content (AvgIpc) is 3.18. The molecule has 8 heteroatoms. The van der Waals surface area contributed by atoms with Crippen LogP contribution in [0.15, 0.2) is 59.1 Å². The smallest absolute Gasteiger partial charge is 0.254 e. The topological polar surface area (TPSA) is 84.7 Å². The first-order chi connectivity index (χ1) is 15.0. The molecule has 1 aromatic heterocycles. The van der Waals surface area contributed by atoms with Crippen LogP contribution in [0.2, 0.25) is 0 Å². The van der Waals surface area contributed by atoms with Crippen molar-refractivity contribution in [3.05, 3.63) is 82.9 Å². The quantitative estimate of drug-likeness (QED) is 0.654. The third-order valence-electron chi connectivity index (χ3n) is 5.35. The molecule has 0 bridgehead atoms. The number of fused-ring (bicyclic) bond motifs is 1. The fraction of sp³-hybridized carbons (Fsp3) is 0.261. The van der Waals surface area contributed by atoms with Crippen molar-refractivity contribution in [2.24, 2.45) is 0 Å². The number of methoxy groups -OCH3 is 1. The molecule has 2 heterocycles. The highest BCUT2D eigenvalue weighted by Gasteiger charge is 2.44. The first-order valence-electron chi connectivity index (χ1n) is 9.88. The van der Waals surface area contributed by atoms with Gasteiger partial charge in [0.1, 0.15) is 11.6 Å². The summed E-state index contributed by atoms with van der Waals surface area (Å²) in [7, 11) is 1.55. The fourth-order valence-corrected chi connectivity index (χ4v) is 3.97. The van der Waals surface area contributed by atoms with Gasteiger partial charge in [0.25, 0.3) is 5.91 Å². The molecule has 1 aliphatic rings. The van der Waals surface area contributed by atoms with Crippen molar-refractivity contribution in [2.75, 3.05) is 25.6 Å². The SMILES string of the molecule is COCCN1C(=O)c2ccccc2C(C(=O)Nc2cc(C)on2)C1c1ccc(F)cc1. The second-order valence-electron chi connectivity index (χ2n) is 7.36. The number of amides is 2. The second-order valence-corrected chi connectivity index (χ2v) is 7.36. The van der Waals surface area contributed by atoms with Gasteiger partial charge in [-0.2, -0.15) is 0 Å². The van der Waals surface area contributed by atoms with Crippen LogP contribution in [-0.4, -0.2) is 42.1 Å². The van der Waals surface area contributed by atoms with E-state index in [0.29, 0.717) is 29.1 Å². The second kappa shape index (κ2) is 8.69. The standard InChI is InChI=1S/C23H22FN3O4/c1-14-13-19(26-31-14)25-22(28)20-17-5-3-4-6-18(17)23(29)27(11-12-30-2)21(20)15-7-9-16(24)10-8-15/h3-10,13,20-21H,11-12H2,1-2H3,(H,25,26,28). The summed E-state index contributed by atoms with van der Waals surface area (Å²) in [6.45, 7) is 2.30. The maximum Gasteiger partial charge on any atom is 0.254 e. The molecule has 31 heavy (non-hydrogen) atoms. The van der Waals surface area contributed by atoms with Crippen molar-refractivity contribution in [1.29, 1.82) is 0 Å². The predicted molar refractivity (Wildman–Crippen MR) is 111 cm³/mol. The Balaban J connectivity index is 1.83. The summed E-state index contributed by atoms with van der Waals surface area (Å²) in [5.41, 5.74) is 1.71. The monoisotopic (exact) mass is 423 g/mol. The van der Waals surface area contributed by atoms with Crippen LogP contribution in [0, 0.1) is 12.7 Å². The lowest BCUT2D eigenvalue weighted by atomic mass is 9.79. The van der Waals surface area contributed by atoms with E-state index in [1.165, 1.54) is 12.1 Å².